The first-order chi connectivity index (χ1) is 26.3. The van der Waals surface area contributed by atoms with Gasteiger partial charge in [0.1, 0.15) is 11.2 Å². The second-order valence-corrected chi connectivity index (χ2v) is 13.7. The number of aromatic nitrogens is 1. The highest BCUT2D eigenvalue weighted by molar-refractivity contribution is 6.18. The molecule has 0 N–H and O–H groups in total. The van der Waals surface area contributed by atoms with E-state index in [9.17, 15) is 0 Å². The van der Waals surface area contributed by atoms with Crippen LogP contribution >= 0.6 is 0 Å². The van der Waals surface area contributed by atoms with Gasteiger partial charge in [0.05, 0.1) is 16.7 Å². The topological polar surface area (TPSA) is 21.3 Å². The zero-order valence-corrected chi connectivity index (χ0v) is 28.8. The van der Waals surface area contributed by atoms with Gasteiger partial charge < -0.3 is 13.9 Å². The van der Waals surface area contributed by atoms with Crippen LogP contribution in [-0.4, -0.2) is 4.57 Å². The van der Waals surface area contributed by atoms with Crippen LogP contribution in [0.15, 0.2) is 199 Å². The zero-order valence-electron chi connectivity index (χ0n) is 28.8. The average molecular weight is 677 g/mol. The van der Waals surface area contributed by atoms with E-state index in [1.165, 1.54) is 54.5 Å². The molecule has 0 aliphatic rings. The Morgan fingerprint density at radius 3 is 1.79 bits per heavy atom. The molecule has 0 unspecified atom stereocenters. The van der Waals surface area contributed by atoms with Crippen molar-refractivity contribution in [1.82, 2.24) is 4.57 Å². The fourth-order valence-corrected chi connectivity index (χ4v) is 8.29. The Hall–Kier alpha value is -7.10. The standard InChI is InChI=1S/C50H32N2O/c1-3-13-40-35(10-1)12-9-18-46(40)51(39-29-31-49-45(32-39)43-16-6-8-19-48(43)53-49)37-25-20-33(21-26-37)34-22-27-38(28-23-34)52-47-17-7-5-15-42(47)44-30-24-36-11-2-4-14-41(36)50(44)52/h1-32H. The van der Waals surface area contributed by atoms with Gasteiger partial charge in [0.25, 0.3) is 0 Å². The fourth-order valence-electron chi connectivity index (χ4n) is 8.29. The lowest BCUT2D eigenvalue weighted by molar-refractivity contribution is 0.669. The summed E-state index contributed by atoms with van der Waals surface area (Å²) in [5.74, 6) is 0. The Kier molecular flexibility index (Phi) is 6.55. The SMILES string of the molecule is c1ccc2c(N(c3ccc(-c4ccc(-n5c6ccccc6c6ccc7ccccc7c65)cc4)cc3)c3ccc4oc5ccccc5c4c3)cccc2c1. The molecule has 3 heteroatoms. The quantitative estimate of drug-likeness (QED) is 0.181. The number of rotatable bonds is 5. The highest BCUT2D eigenvalue weighted by Gasteiger charge is 2.18. The van der Waals surface area contributed by atoms with E-state index in [0.29, 0.717) is 0 Å². The third-order valence-electron chi connectivity index (χ3n) is 10.8. The molecule has 0 bridgehead atoms. The highest BCUT2D eigenvalue weighted by Crippen LogP contribution is 2.42. The molecule has 11 aromatic rings. The Bertz CT molecular complexity index is 3160. The van der Waals surface area contributed by atoms with E-state index in [0.717, 1.165) is 44.7 Å². The molecular weight excluding hydrogens is 645 g/mol. The number of para-hydroxylation sites is 2. The molecule has 53 heavy (non-hydrogen) atoms. The minimum Gasteiger partial charge on any atom is -0.456 e. The summed E-state index contributed by atoms with van der Waals surface area (Å²) in [5.41, 5.74) is 11.0. The minimum atomic E-state index is 0.890. The maximum atomic E-state index is 6.21. The van der Waals surface area contributed by atoms with E-state index in [1.54, 1.807) is 0 Å². The van der Waals surface area contributed by atoms with E-state index < -0.39 is 0 Å². The van der Waals surface area contributed by atoms with Gasteiger partial charge in [-0.2, -0.15) is 0 Å². The third kappa shape index (κ3) is 4.68. The van der Waals surface area contributed by atoms with E-state index in [4.69, 9.17) is 4.42 Å². The molecule has 0 saturated carbocycles. The van der Waals surface area contributed by atoms with E-state index in [2.05, 4.69) is 191 Å². The lowest BCUT2D eigenvalue weighted by Crippen LogP contribution is -2.10. The molecule has 0 aliphatic heterocycles. The summed E-state index contributed by atoms with van der Waals surface area (Å²) in [7, 11) is 0. The summed E-state index contributed by atoms with van der Waals surface area (Å²) >= 11 is 0. The van der Waals surface area contributed by atoms with E-state index in [1.807, 2.05) is 12.1 Å². The molecule has 9 aromatic carbocycles. The number of hydrogen-bond acceptors (Lipinski definition) is 2. The first-order valence-corrected chi connectivity index (χ1v) is 18.1. The van der Waals surface area contributed by atoms with E-state index >= 15 is 0 Å². The summed E-state index contributed by atoms with van der Waals surface area (Å²) in [6.07, 6.45) is 0. The van der Waals surface area contributed by atoms with Crippen LogP contribution in [-0.2, 0) is 0 Å². The first-order valence-electron chi connectivity index (χ1n) is 18.1. The smallest absolute Gasteiger partial charge is 0.135 e. The number of fused-ring (bicyclic) bond motifs is 9. The van der Waals surface area contributed by atoms with Crippen molar-refractivity contribution >= 4 is 82.4 Å². The van der Waals surface area contributed by atoms with Gasteiger partial charge in [-0.05, 0) is 82.6 Å². The molecule has 3 nitrogen and oxygen atoms in total. The van der Waals surface area contributed by atoms with Crippen LogP contribution in [0.25, 0.3) is 82.1 Å². The molecule has 0 radical (unpaired) electrons. The third-order valence-corrected chi connectivity index (χ3v) is 10.8. The Balaban J connectivity index is 1.01. The van der Waals surface area contributed by atoms with Crippen molar-refractivity contribution in [3.8, 4) is 16.8 Å². The van der Waals surface area contributed by atoms with Gasteiger partial charge >= 0.3 is 0 Å². The predicted octanol–water partition coefficient (Wildman–Crippen LogP) is 14.1. The van der Waals surface area contributed by atoms with Crippen LogP contribution in [0, 0.1) is 0 Å². The Labute approximate surface area is 306 Å². The Morgan fingerprint density at radius 1 is 0.377 bits per heavy atom. The molecule has 2 aromatic heterocycles. The van der Waals surface area contributed by atoms with Crippen LogP contribution in [0.4, 0.5) is 17.1 Å². The molecule has 0 atom stereocenters. The van der Waals surface area contributed by atoms with Crippen molar-refractivity contribution in [2.75, 3.05) is 4.90 Å². The maximum Gasteiger partial charge on any atom is 0.135 e. The molecule has 0 saturated heterocycles. The van der Waals surface area contributed by atoms with Crippen molar-refractivity contribution < 1.29 is 4.42 Å². The van der Waals surface area contributed by atoms with E-state index in [-0.39, 0.29) is 0 Å². The molecule has 248 valence electrons. The van der Waals surface area contributed by atoms with Crippen LogP contribution in [0.5, 0.6) is 0 Å². The van der Waals surface area contributed by atoms with Gasteiger partial charge in [-0.25, -0.2) is 0 Å². The van der Waals surface area contributed by atoms with Crippen LogP contribution in [0.3, 0.4) is 0 Å². The average Bonchev–Trinajstić information content (AvgIpc) is 3.77. The van der Waals surface area contributed by atoms with Crippen molar-refractivity contribution in [2.45, 2.75) is 0 Å². The zero-order chi connectivity index (χ0) is 34.9. The van der Waals surface area contributed by atoms with Crippen LogP contribution in [0.1, 0.15) is 0 Å². The number of nitrogens with zero attached hydrogens (tertiary/aromatic N) is 2. The Morgan fingerprint density at radius 2 is 0.981 bits per heavy atom. The lowest BCUT2D eigenvalue weighted by atomic mass is 10.0. The van der Waals surface area contributed by atoms with Crippen molar-refractivity contribution in [1.29, 1.82) is 0 Å². The maximum absolute atomic E-state index is 6.21. The summed E-state index contributed by atoms with van der Waals surface area (Å²) in [5, 5.41) is 9.68. The molecule has 0 aliphatic carbocycles. The fraction of sp³-hybridized carbons (Fsp3) is 0. The highest BCUT2D eigenvalue weighted by atomic mass is 16.3. The molecule has 0 amide bonds. The molecular formula is C50H32N2O. The number of hydrogen-bond donors (Lipinski definition) is 0. The molecule has 2 heterocycles. The van der Waals surface area contributed by atoms with Gasteiger partial charge in [0.15, 0.2) is 0 Å². The van der Waals surface area contributed by atoms with Gasteiger partial charge in [-0.15, -0.1) is 0 Å². The van der Waals surface area contributed by atoms with Crippen molar-refractivity contribution in [3.05, 3.63) is 194 Å². The number of furan rings is 1. The number of benzene rings is 9. The second-order valence-electron chi connectivity index (χ2n) is 13.7. The van der Waals surface area contributed by atoms with Crippen LogP contribution < -0.4 is 4.90 Å². The normalized spacial score (nSPS) is 11.8. The summed E-state index contributed by atoms with van der Waals surface area (Å²) < 4.78 is 8.63. The summed E-state index contributed by atoms with van der Waals surface area (Å²) in [6, 6.07) is 69.8. The van der Waals surface area contributed by atoms with Gasteiger partial charge in [-0.3, -0.25) is 0 Å². The van der Waals surface area contributed by atoms with Crippen molar-refractivity contribution in [2.24, 2.45) is 0 Å². The lowest BCUT2D eigenvalue weighted by Gasteiger charge is -2.27. The minimum absolute atomic E-state index is 0.890. The summed E-state index contributed by atoms with van der Waals surface area (Å²) in [6.45, 7) is 0. The monoisotopic (exact) mass is 676 g/mol. The van der Waals surface area contributed by atoms with Crippen molar-refractivity contribution in [3.63, 3.8) is 0 Å². The second kappa shape index (κ2) is 11.7. The number of anilines is 3. The predicted molar refractivity (Wildman–Crippen MR) is 223 cm³/mol. The summed E-state index contributed by atoms with van der Waals surface area (Å²) in [4.78, 5) is 2.36. The van der Waals surface area contributed by atoms with Gasteiger partial charge in [0.2, 0.25) is 0 Å². The molecule has 0 spiro atoms. The molecule has 0 fully saturated rings. The molecule has 11 rings (SSSR count). The first kappa shape index (κ1) is 29.6. The van der Waals surface area contributed by atoms with Crippen LogP contribution in [0.2, 0.25) is 0 Å². The van der Waals surface area contributed by atoms with Gasteiger partial charge in [0, 0.05) is 49.4 Å². The largest absolute Gasteiger partial charge is 0.456 e. The van der Waals surface area contributed by atoms with Gasteiger partial charge in [-0.1, -0.05) is 133 Å².